The number of rotatable bonds is 8. The summed E-state index contributed by atoms with van der Waals surface area (Å²) in [4.78, 5) is 27.3. The molecule has 2 aromatic carbocycles. The maximum atomic E-state index is 13.3. The van der Waals surface area contributed by atoms with Crippen LogP contribution in [0.1, 0.15) is 43.7 Å². The van der Waals surface area contributed by atoms with Gasteiger partial charge in [0.05, 0.1) is 0 Å². The first-order valence-electron chi connectivity index (χ1n) is 10.5. The highest BCUT2D eigenvalue weighted by atomic mass is 19.1. The van der Waals surface area contributed by atoms with Gasteiger partial charge < -0.3 is 15.0 Å². The Morgan fingerprint density at radius 1 is 1.17 bits per heavy atom. The van der Waals surface area contributed by atoms with Gasteiger partial charge >= 0.3 is 0 Å². The second-order valence-electron chi connectivity index (χ2n) is 7.92. The Hall–Kier alpha value is -2.89. The quantitative estimate of drug-likeness (QED) is 0.713. The molecular formula is C24H29FN2O3. The molecule has 0 saturated heterocycles. The molecule has 0 aromatic heterocycles. The number of benzene rings is 2. The third-order valence-corrected chi connectivity index (χ3v) is 5.49. The molecule has 2 amide bonds. The molecule has 160 valence electrons. The van der Waals surface area contributed by atoms with Gasteiger partial charge in [0, 0.05) is 12.6 Å². The topological polar surface area (TPSA) is 58.6 Å². The van der Waals surface area contributed by atoms with Crippen molar-refractivity contribution < 1.29 is 18.7 Å². The van der Waals surface area contributed by atoms with Crippen molar-refractivity contribution in [3.63, 3.8) is 0 Å². The molecule has 6 heteroatoms. The van der Waals surface area contributed by atoms with Gasteiger partial charge in [-0.25, -0.2) is 4.39 Å². The summed E-state index contributed by atoms with van der Waals surface area (Å²) >= 11 is 0. The number of ether oxygens (including phenoxy) is 1. The molecule has 1 fully saturated rings. The SMILES string of the molecule is Cc1cccc(OCC(=O)N(Cc2ccc(F)cc2)C(C)C(=O)NC2CCCC2)c1. The first-order chi connectivity index (χ1) is 14.4. The Bertz CT molecular complexity index is 863. The minimum Gasteiger partial charge on any atom is -0.484 e. The van der Waals surface area contributed by atoms with Crippen LogP contribution in [0.25, 0.3) is 0 Å². The van der Waals surface area contributed by atoms with Crippen LogP contribution in [0.15, 0.2) is 48.5 Å². The number of nitrogens with zero attached hydrogens (tertiary/aromatic N) is 1. The summed E-state index contributed by atoms with van der Waals surface area (Å²) in [5.74, 6) is -0.206. The molecule has 5 nitrogen and oxygen atoms in total. The summed E-state index contributed by atoms with van der Waals surface area (Å²) in [5, 5.41) is 3.06. The van der Waals surface area contributed by atoms with Gasteiger partial charge in [-0.1, -0.05) is 37.1 Å². The van der Waals surface area contributed by atoms with E-state index in [1.807, 2.05) is 25.1 Å². The standard InChI is InChI=1S/C24H29FN2O3/c1-17-6-5-9-22(14-17)30-16-23(28)27(15-19-10-12-20(25)13-11-19)18(2)24(29)26-21-7-3-4-8-21/h5-6,9-14,18,21H,3-4,7-8,15-16H2,1-2H3,(H,26,29). The van der Waals surface area contributed by atoms with E-state index in [0.717, 1.165) is 36.8 Å². The summed E-state index contributed by atoms with van der Waals surface area (Å²) < 4.78 is 18.9. The summed E-state index contributed by atoms with van der Waals surface area (Å²) in [6, 6.07) is 12.9. The monoisotopic (exact) mass is 412 g/mol. The summed E-state index contributed by atoms with van der Waals surface area (Å²) in [6.07, 6.45) is 4.17. The van der Waals surface area contributed by atoms with Crippen LogP contribution in [-0.2, 0) is 16.1 Å². The van der Waals surface area contributed by atoms with Gasteiger partial charge in [-0.05, 0) is 62.1 Å². The smallest absolute Gasteiger partial charge is 0.261 e. The minimum atomic E-state index is -0.663. The fraction of sp³-hybridized carbons (Fsp3) is 0.417. The lowest BCUT2D eigenvalue weighted by Crippen LogP contribution is -2.50. The van der Waals surface area contributed by atoms with Crippen LogP contribution in [0.2, 0.25) is 0 Å². The van der Waals surface area contributed by atoms with E-state index in [9.17, 15) is 14.0 Å². The second-order valence-corrected chi connectivity index (χ2v) is 7.92. The number of halogens is 1. The maximum absolute atomic E-state index is 13.3. The third kappa shape index (κ3) is 6.05. The lowest BCUT2D eigenvalue weighted by Gasteiger charge is -2.29. The first-order valence-corrected chi connectivity index (χ1v) is 10.5. The average molecular weight is 413 g/mol. The zero-order valence-electron chi connectivity index (χ0n) is 17.6. The molecule has 1 saturated carbocycles. The van der Waals surface area contributed by atoms with E-state index in [2.05, 4.69) is 5.32 Å². The van der Waals surface area contributed by atoms with Crippen LogP contribution in [-0.4, -0.2) is 35.4 Å². The number of aryl methyl sites for hydroxylation is 1. The number of carbonyl (C=O) groups excluding carboxylic acids is 2. The predicted octanol–water partition coefficient (Wildman–Crippen LogP) is 3.99. The molecule has 1 atom stereocenters. The Morgan fingerprint density at radius 3 is 2.53 bits per heavy atom. The zero-order valence-corrected chi connectivity index (χ0v) is 17.6. The van der Waals surface area contributed by atoms with Crippen LogP contribution in [0.3, 0.4) is 0 Å². The van der Waals surface area contributed by atoms with Crippen LogP contribution in [0, 0.1) is 12.7 Å². The van der Waals surface area contributed by atoms with Crippen LogP contribution in [0.4, 0.5) is 4.39 Å². The van der Waals surface area contributed by atoms with Crippen molar-refractivity contribution in [2.24, 2.45) is 0 Å². The highest BCUT2D eigenvalue weighted by Gasteiger charge is 2.28. The number of hydrogen-bond acceptors (Lipinski definition) is 3. The highest BCUT2D eigenvalue weighted by Crippen LogP contribution is 2.19. The maximum Gasteiger partial charge on any atom is 0.261 e. The van der Waals surface area contributed by atoms with Gasteiger partial charge in [-0.15, -0.1) is 0 Å². The molecule has 0 heterocycles. The number of nitrogens with one attached hydrogen (secondary N) is 1. The van der Waals surface area contributed by atoms with E-state index in [-0.39, 0.29) is 36.8 Å². The lowest BCUT2D eigenvalue weighted by molar-refractivity contribution is -0.142. The lowest BCUT2D eigenvalue weighted by atomic mass is 10.1. The zero-order chi connectivity index (χ0) is 21.5. The van der Waals surface area contributed by atoms with Gasteiger partial charge in [-0.2, -0.15) is 0 Å². The molecule has 3 rings (SSSR count). The fourth-order valence-corrected chi connectivity index (χ4v) is 3.69. The Balaban J connectivity index is 1.70. The van der Waals surface area contributed by atoms with Crippen molar-refractivity contribution in [3.8, 4) is 5.75 Å². The van der Waals surface area contributed by atoms with Crippen molar-refractivity contribution in [2.75, 3.05) is 6.61 Å². The minimum absolute atomic E-state index is 0.172. The Morgan fingerprint density at radius 2 is 1.87 bits per heavy atom. The van der Waals surface area contributed by atoms with Gasteiger partial charge in [0.25, 0.3) is 5.91 Å². The molecule has 0 radical (unpaired) electrons. The van der Waals surface area contributed by atoms with Crippen molar-refractivity contribution in [1.82, 2.24) is 10.2 Å². The van der Waals surface area contributed by atoms with Crippen LogP contribution < -0.4 is 10.1 Å². The number of hydrogen-bond donors (Lipinski definition) is 1. The highest BCUT2D eigenvalue weighted by molar-refractivity contribution is 5.88. The molecule has 1 aliphatic carbocycles. The van der Waals surface area contributed by atoms with E-state index in [0.29, 0.717) is 5.75 Å². The largest absolute Gasteiger partial charge is 0.484 e. The molecule has 2 aromatic rings. The Kier molecular flexibility index (Phi) is 7.44. The number of carbonyl (C=O) groups is 2. The molecule has 30 heavy (non-hydrogen) atoms. The van der Waals surface area contributed by atoms with Crippen molar-refractivity contribution in [2.45, 2.75) is 58.2 Å². The van der Waals surface area contributed by atoms with Gasteiger partial charge in [-0.3, -0.25) is 9.59 Å². The molecule has 0 spiro atoms. The molecule has 1 aliphatic rings. The van der Waals surface area contributed by atoms with E-state index < -0.39 is 6.04 Å². The van der Waals surface area contributed by atoms with Crippen molar-refractivity contribution >= 4 is 11.8 Å². The van der Waals surface area contributed by atoms with Gasteiger partial charge in [0.15, 0.2) is 6.61 Å². The first kappa shape index (κ1) is 21.8. The van der Waals surface area contributed by atoms with E-state index >= 15 is 0 Å². The van der Waals surface area contributed by atoms with Crippen molar-refractivity contribution in [3.05, 3.63) is 65.5 Å². The average Bonchev–Trinajstić information content (AvgIpc) is 3.24. The molecule has 1 N–H and O–H groups in total. The third-order valence-electron chi connectivity index (χ3n) is 5.49. The van der Waals surface area contributed by atoms with E-state index in [1.54, 1.807) is 25.1 Å². The summed E-state index contributed by atoms with van der Waals surface area (Å²) in [6.45, 7) is 3.70. The fourth-order valence-electron chi connectivity index (χ4n) is 3.69. The second kappa shape index (κ2) is 10.2. The molecule has 0 bridgehead atoms. The van der Waals surface area contributed by atoms with E-state index in [1.165, 1.54) is 17.0 Å². The molecule has 1 unspecified atom stereocenters. The normalized spacial score (nSPS) is 14.9. The van der Waals surface area contributed by atoms with E-state index in [4.69, 9.17) is 4.74 Å². The van der Waals surface area contributed by atoms with Crippen LogP contribution in [0.5, 0.6) is 5.75 Å². The molecular weight excluding hydrogens is 383 g/mol. The summed E-state index contributed by atoms with van der Waals surface area (Å²) in [7, 11) is 0. The van der Waals surface area contributed by atoms with Gasteiger partial charge in [0.2, 0.25) is 5.91 Å². The number of amides is 2. The van der Waals surface area contributed by atoms with Crippen LogP contribution >= 0.6 is 0 Å². The van der Waals surface area contributed by atoms with Gasteiger partial charge in [0.1, 0.15) is 17.6 Å². The molecule has 0 aliphatic heterocycles. The summed E-state index contributed by atoms with van der Waals surface area (Å²) in [5.41, 5.74) is 1.79. The van der Waals surface area contributed by atoms with Crippen molar-refractivity contribution in [1.29, 1.82) is 0 Å². The Labute approximate surface area is 177 Å². The predicted molar refractivity (Wildman–Crippen MR) is 113 cm³/mol.